The van der Waals surface area contributed by atoms with Gasteiger partial charge in [0.15, 0.2) is 12.5 Å². The quantitative estimate of drug-likeness (QED) is 0.492. The molecular weight excluding hydrogens is 348 g/mol. The molecule has 0 atom stereocenters. The Bertz CT molecular complexity index is 830. The lowest BCUT2D eigenvalue weighted by Gasteiger charge is -2.12. The summed E-state index contributed by atoms with van der Waals surface area (Å²) >= 11 is 0. The first-order valence-electron chi connectivity index (χ1n) is 8.60. The van der Waals surface area contributed by atoms with E-state index in [9.17, 15) is 10.1 Å². The highest BCUT2D eigenvalue weighted by molar-refractivity contribution is 5.93. The number of hydrogen-bond acceptors (Lipinski definition) is 7. The lowest BCUT2D eigenvalue weighted by Crippen LogP contribution is -2.10. The molecule has 0 amide bonds. The van der Waals surface area contributed by atoms with E-state index in [4.69, 9.17) is 18.9 Å². The highest BCUT2D eigenvalue weighted by Gasteiger charge is 2.17. The van der Waals surface area contributed by atoms with Crippen LogP contribution in [0.15, 0.2) is 30.5 Å². The Balaban J connectivity index is 2.41. The first kappa shape index (κ1) is 20.2. The van der Waals surface area contributed by atoms with Gasteiger partial charge in [-0.2, -0.15) is 5.26 Å². The number of benzene rings is 1. The third-order valence-electron chi connectivity index (χ3n) is 3.55. The largest absolute Gasteiger partial charge is 0.492 e. The van der Waals surface area contributed by atoms with E-state index in [1.165, 1.54) is 13.3 Å². The van der Waals surface area contributed by atoms with Crippen molar-refractivity contribution in [3.8, 4) is 28.8 Å². The normalized spacial score (nSPS) is 10.1. The summed E-state index contributed by atoms with van der Waals surface area (Å²) in [6.45, 7) is 4.47. The highest BCUT2D eigenvalue weighted by atomic mass is 16.7. The zero-order valence-electron chi connectivity index (χ0n) is 15.7. The number of nitrogens with zero attached hydrogens (tertiary/aromatic N) is 2. The monoisotopic (exact) mass is 370 g/mol. The Morgan fingerprint density at radius 2 is 2.00 bits per heavy atom. The summed E-state index contributed by atoms with van der Waals surface area (Å²) < 4.78 is 20.9. The summed E-state index contributed by atoms with van der Waals surface area (Å²) in [5, 5.41) is 9.38. The molecule has 0 radical (unpaired) electrons. The molecule has 2 rings (SSSR count). The van der Waals surface area contributed by atoms with Crippen molar-refractivity contribution >= 4 is 5.97 Å². The summed E-state index contributed by atoms with van der Waals surface area (Å²) in [7, 11) is 1.48. The molecule has 0 unspecified atom stereocenters. The maximum atomic E-state index is 12.3. The van der Waals surface area contributed by atoms with Gasteiger partial charge >= 0.3 is 5.97 Å². The molecule has 7 nitrogen and oxygen atoms in total. The number of carbonyl (C=O) groups is 1. The minimum Gasteiger partial charge on any atom is -0.492 e. The number of ether oxygens (including phenoxy) is 4. The second-order valence-electron chi connectivity index (χ2n) is 5.51. The van der Waals surface area contributed by atoms with E-state index in [-0.39, 0.29) is 24.7 Å². The van der Waals surface area contributed by atoms with Crippen molar-refractivity contribution in [2.45, 2.75) is 20.3 Å². The van der Waals surface area contributed by atoms with E-state index in [0.717, 1.165) is 6.42 Å². The van der Waals surface area contributed by atoms with Crippen molar-refractivity contribution in [3.05, 3.63) is 41.6 Å². The van der Waals surface area contributed by atoms with Crippen molar-refractivity contribution in [1.82, 2.24) is 4.98 Å². The minimum atomic E-state index is -0.518. The molecule has 0 aliphatic carbocycles. The molecule has 7 heteroatoms. The number of methoxy groups -OCH3 is 1. The molecule has 27 heavy (non-hydrogen) atoms. The van der Waals surface area contributed by atoms with Crippen LogP contribution in [0.3, 0.4) is 0 Å². The average molecular weight is 370 g/mol. The molecule has 0 saturated carbocycles. The highest BCUT2D eigenvalue weighted by Crippen LogP contribution is 2.29. The van der Waals surface area contributed by atoms with Gasteiger partial charge in [-0.3, -0.25) is 4.98 Å². The first-order valence-corrected chi connectivity index (χ1v) is 8.60. The van der Waals surface area contributed by atoms with Gasteiger partial charge < -0.3 is 18.9 Å². The number of rotatable bonds is 9. The van der Waals surface area contributed by atoms with Crippen LogP contribution in [0.5, 0.6) is 11.5 Å². The van der Waals surface area contributed by atoms with Gasteiger partial charge in [-0.25, -0.2) is 4.79 Å². The molecule has 1 heterocycles. The molecular formula is C20H22N2O5. The second kappa shape index (κ2) is 10.1. The van der Waals surface area contributed by atoms with E-state index in [2.05, 4.69) is 11.1 Å². The smallest absolute Gasteiger partial charge is 0.342 e. The number of aromatic nitrogens is 1. The van der Waals surface area contributed by atoms with Crippen molar-refractivity contribution in [3.63, 3.8) is 0 Å². The SMILES string of the molecule is CCCOc1ccc(-c2cc(C(=O)OCC)c(OCOC)cn2)cc1C#N. The molecule has 0 spiro atoms. The molecule has 1 aromatic heterocycles. The molecule has 2 aromatic rings. The second-order valence-corrected chi connectivity index (χ2v) is 5.51. The van der Waals surface area contributed by atoms with E-state index < -0.39 is 5.97 Å². The lowest BCUT2D eigenvalue weighted by molar-refractivity contribution is 0.0436. The number of pyridine rings is 1. The van der Waals surface area contributed by atoms with E-state index in [1.54, 1.807) is 31.2 Å². The summed E-state index contributed by atoms with van der Waals surface area (Å²) in [4.78, 5) is 16.6. The van der Waals surface area contributed by atoms with Crippen LogP contribution in [0.4, 0.5) is 0 Å². The summed E-state index contributed by atoms with van der Waals surface area (Å²) in [5.41, 5.74) is 1.84. The number of nitriles is 1. The molecule has 0 saturated heterocycles. The molecule has 0 aliphatic heterocycles. The average Bonchev–Trinajstić information content (AvgIpc) is 2.70. The van der Waals surface area contributed by atoms with Crippen LogP contribution in [0.2, 0.25) is 0 Å². The van der Waals surface area contributed by atoms with Crippen molar-refractivity contribution < 1.29 is 23.7 Å². The Labute approximate surface area is 158 Å². The van der Waals surface area contributed by atoms with Crippen molar-refractivity contribution in [2.75, 3.05) is 27.1 Å². The maximum Gasteiger partial charge on any atom is 0.342 e. The fourth-order valence-corrected chi connectivity index (χ4v) is 2.32. The standard InChI is InChI=1S/C20H22N2O5/c1-4-8-26-18-7-6-14(9-15(18)11-21)17-10-16(20(23)25-5-2)19(12-22-17)27-13-24-3/h6-7,9-10,12H,4-5,8,13H2,1-3H3. The van der Waals surface area contributed by atoms with Crippen LogP contribution in [0, 0.1) is 11.3 Å². The van der Waals surface area contributed by atoms with Crippen molar-refractivity contribution in [2.24, 2.45) is 0 Å². The van der Waals surface area contributed by atoms with E-state index in [1.807, 2.05) is 6.92 Å². The molecule has 1 aromatic carbocycles. The van der Waals surface area contributed by atoms with Gasteiger partial charge in [0.05, 0.1) is 30.7 Å². The number of hydrogen-bond donors (Lipinski definition) is 0. The number of carbonyl (C=O) groups excluding carboxylic acids is 1. The maximum absolute atomic E-state index is 12.3. The van der Waals surface area contributed by atoms with Gasteiger partial charge in [0.25, 0.3) is 0 Å². The summed E-state index contributed by atoms with van der Waals surface area (Å²) in [5.74, 6) is 0.270. The zero-order chi connectivity index (χ0) is 19.6. The Hall–Kier alpha value is -3.11. The molecule has 0 bridgehead atoms. The minimum absolute atomic E-state index is 0.0184. The van der Waals surface area contributed by atoms with E-state index in [0.29, 0.717) is 29.2 Å². The molecule has 0 fully saturated rings. The van der Waals surface area contributed by atoms with Gasteiger partial charge in [0.1, 0.15) is 17.4 Å². The van der Waals surface area contributed by atoms with Gasteiger partial charge in [0, 0.05) is 12.7 Å². The Morgan fingerprint density at radius 3 is 2.67 bits per heavy atom. The third-order valence-corrected chi connectivity index (χ3v) is 3.55. The molecule has 0 aliphatic rings. The van der Waals surface area contributed by atoms with Gasteiger partial charge in [-0.05, 0) is 37.6 Å². The third kappa shape index (κ3) is 5.19. The zero-order valence-corrected chi connectivity index (χ0v) is 15.7. The Kier molecular flexibility index (Phi) is 7.59. The van der Waals surface area contributed by atoms with Crippen LogP contribution in [-0.4, -0.2) is 38.1 Å². The fraction of sp³-hybridized carbons (Fsp3) is 0.350. The van der Waals surface area contributed by atoms with Crippen molar-refractivity contribution in [1.29, 1.82) is 5.26 Å². The Morgan fingerprint density at radius 1 is 1.19 bits per heavy atom. The number of esters is 1. The van der Waals surface area contributed by atoms with Crippen LogP contribution in [0.1, 0.15) is 36.2 Å². The first-order chi connectivity index (χ1) is 13.1. The lowest BCUT2D eigenvalue weighted by atomic mass is 10.1. The predicted molar refractivity (Wildman–Crippen MR) is 98.6 cm³/mol. The van der Waals surface area contributed by atoms with Crippen LogP contribution < -0.4 is 9.47 Å². The van der Waals surface area contributed by atoms with Gasteiger partial charge in [-0.15, -0.1) is 0 Å². The van der Waals surface area contributed by atoms with Crippen LogP contribution >= 0.6 is 0 Å². The van der Waals surface area contributed by atoms with Gasteiger partial charge in [0.2, 0.25) is 0 Å². The predicted octanol–water partition coefficient (Wildman–Crippen LogP) is 3.57. The molecule has 142 valence electrons. The van der Waals surface area contributed by atoms with Crippen LogP contribution in [-0.2, 0) is 9.47 Å². The summed E-state index contributed by atoms with van der Waals surface area (Å²) in [6, 6.07) is 8.90. The fourth-order valence-electron chi connectivity index (χ4n) is 2.32. The van der Waals surface area contributed by atoms with Gasteiger partial charge in [-0.1, -0.05) is 6.92 Å². The summed E-state index contributed by atoms with van der Waals surface area (Å²) in [6.07, 6.45) is 2.29. The van der Waals surface area contributed by atoms with Crippen LogP contribution in [0.25, 0.3) is 11.3 Å². The topological polar surface area (TPSA) is 90.7 Å². The van der Waals surface area contributed by atoms with E-state index >= 15 is 0 Å². The molecule has 0 N–H and O–H groups in total.